The Kier molecular flexibility index (Phi) is 8.18. The second kappa shape index (κ2) is 10.6. The van der Waals surface area contributed by atoms with E-state index in [-0.39, 0.29) is 29.9 Å². The van der Waals surface area contributed by atoms with Crippen molar-refractivity contribution in [3.8, 4) is 0 Å². The zero-order valence-corrected chi connectivity index (χ0v) is 18.1. The quantitative estimate of drug-likeness (QED) is 0.236. The Morgan fingerprint density at radius 1 is 1.14 bits per heavy atom. The molecule has 8 nitrogen and oxygen atoms in total. The third-order valence-corrected chi connectivity index (χ3v) is 4.10. The molecule has 0 amide bonds. The van der Waals surface area contributed by atoms with E-state index in [1.165, 1.54) is 7.11 Å². The van der Waals surface area contributed by atoms with Gasteiger partial charge in [0.05, 0.1) is 19.2 Å². The van der Waals surface area contributed by atoms with Crippen molar-refractivity contribution >= 4 is 41.6 Å². The van der Waals surface area contributed by atoms with Crippen molar-refractivity contribution in [3.05, 3.63) is 65.6 Å². The van der Waals surface area contributed by atoms with Crippen molar-refractivity contribution in [1.29, 1.82) is 0 Å². The summed E-state index contributed by atoms with van der Waals surface area (Å²) in [5.41, 5.74) is 2.48. The smallest absolute Gasteiger partial charge is 0.337 e. The Morgan fingerprint density at radius 3 is 2.64 bits per heavy atom. The number of carbonyl (C=O) groups is 1. The van der Waals surface area contributed by atoms with Gasteiger partial charge in [-0.2, -0.15) is 0 Å². The Balaban J connectivity index is 0.00000280. The van der Waals surface area contributed by atoms with Crippen molar-refractivity contribution in [2.24, 2.45) is 4.99 Å². The van der Waals surface area contributed by atoms with Crippen LogP contribution in [0.2, 0.25) is 0 Å². The molecule has 0 bridgehead atoms. The average Bonchev–Trinajstić information content (AvgIpc) is 3.13. The molecule has 0 spiro atoms. The Hall–Kier alpha value is -2.69. The van der Waals surface area contributed by atoms with Gasteiger partial charge in [0.2, 0.25) is 0 Å². The number of nitrogens with zero attached hydrogens (tertiary/aromatic N) is 4. The SMILES string of the molecule is CN=C(NCCc1ccc(C(=O)OC)cc1)NCc1nnc2ccccn12.I. The Bertz CT molecular complexity index is 939. The number of hydrogen-bond acceptors (Lipinski definition) is 5. The first-order valence-corrected chi connectivity index (χ1v) is 8.61. The van der Waals surface area contributed by atoms with Crippen LogP contribution in [0.15, 0.2) is 53.7 Å². The summed E-state index contributed by atoms with van der Waals surface area (Å²) >= 11 is 0. The molecule has 0 unspecified atom stereocenters. The first kappa shape index (κ1) is 21.6. The molecule has 3 aromatic rings. The molecule has 148 valence electrons. The number of rotatable bonds is 6. The van der Waals surface area contributed by atoms with Gasteiger partial charge in [0, 0.05) is 19.8 Å². The number of ether oxygens (including phenoxy) is 1. The molecule has 0 aliphatic rings. The molecule has 1 aromatic carbocycles. The van der Waals surface area contributed by atoms with Crippen LogP contribution in [0.3, 0.4) is 0 Å². The molecular formula is C19H23IN6O2. The third-order valence-electron chi connectivity index (χ3n) is 4.10. The van der Waals surface area contributed by atoms with E-state index in [9.17, 15) is 4.79 Å². The van der Waals surface area contributed by atoms with Crippen LogP contribution in [-0.2, 0) is 17.7 Å². The number of nitrogens with one attached hydrogen (secondary N) is 2. The van der Waals surface area contributed by atoms with E-state index in [1.54, 1.807) is 19.2 Å². The van der Waals surface area contributed by atoms with Crippen molar-refractivity contribution in [2.45, 2.75) is 13.0 Å². The van der Waals surface area contributed by atoms with Gasteiger partial charge in [0.1, 0.15) is 0 Å². The van der Waals surface area contributed by atoms with Crippen molar-refractivity contribution in [1.82, 2.24) is 25.2 Å². The number of guanidine groups is 1. The van der Waals surface area contributed by atoms with Crippen LogP contribution in [0.1, 0.15) is 21.7 Å². The summed E-state index contributed by atoms with van der Waals surface area (Å²) < 4.78 is 6.63. The van der Waals surface area contributed by atoms with Crippen LogP contribution in [0, 0.1) is 0 Å². The minimum absolute atomic E-state index is 0. The molecular weight excluding hydrogens is 471 g/mol. The van der Waals surface area contributed by atoms with E-state index in [0.717, 1.165) is 23.5 Å². The van der Waals surface area contributed by atoms with E-state index in [1.807, 2.05) is 40.9 Å². The topological polar surface area (TPSA) is 92.9 Å². The number of benzene rings is 1. The summed E-state index contributed by atoms with van der Waals surface area (Å²) in [7, 11) is 3.10. The molecule has 2 aromatic heterocycles. The van der Waals surface area contributed by atoms with Crippen LogP contribution >= 0.6 is 24.0 Å². The summed E-state index contributed by atoms with van der Waals surface area (Å²) in [6.45, 7) is 1.22. The number of fused-ring (bicyclic) bond motifs is 1. The van der Waals surface area contributed by atoms with E-state index >= 15 is 0 Å². The maximum atomic E-state index is 11.4. The molecule has 2 heterocycles. The van der Waals surface area contributed by atoms with E-state index in [4.69, 9.17) is 4.74 Å². The number of methoxy groups -OCH3 is 1. The molecule has 9 heteroatoms. The van der Waals surface area contributed by atoms with Gasteiger partial charge in [0.25, 0.3) is 0 Å². The molecule has 0 aliphatic carbocycles. The minimum Gasteiger partial charge on any atom is -0.465 e. The number of aliphatic imine (C=N–C) groups is 1. The lowest BCUT2D eigenvalue weighted by Gasteiger charge is -2.11. The summed E-state index contributed by atoms with van der Waals surface area (Å²) in [5.74, 6) is 1.17. The maximum Gasteiger partial charge on any atom is 0.337 e. The highest BCUT2D eigenvalue weighted by atomic mass is 127. The molecule has 0 aliphatic heterocycles. The van der Waals surface area contributed by atoms with Crippen molar-refractivity contribution in [3.63, 3.8) is 0 Å². The highest BCUT2D eigenvalue weighted by Crippen LogP contribution is 2.06. The highest BCUT2D eigenvalue weighted by Gasteiger charge is 2.06. The molecule has 0 saturated carbocycles. The fourth-order valence-corrected chi connectivity index (χ4v) is 2.65. The van der Waals surface area contributed by atoms with Crippen molar-refractivity contribution < 1.29 is 9.53 Å². The van der Waals surface area contributed by atoms with E-state index < -0.39 is 0 Å². The number of hydrogen-bond donors (Lipinski definition) is 2. The summed E-state index contributed by atoms with van der Waals surface area (Å²) in [4.78, 5) is 15.7. The van der Waals surface area contributed by atoms with Crippen LogP contribution in [0.4, 0.5) is 0 Å². The molecule has 0 radical (unpaired) electrons. The van der Waals surface area contributed by atoms with E-state index in [2.05, 4.69) is 25.8 Å². The summed E-state index contributed by atoms with van der Waals surface area (Å²) in [6.07, 6.45) is 2.73. The number of esters is 1. The van der Waals surface area contributed by atoms with Gasteiger partial charge in [-0.1, -0.05) is 18.2 Å². The molecule has 0 saturated heterocycles. The lowest BCUT2D eigenvalue weighted by atomic mass is 10.1. The standard InChI is InChI=1S/C19H22N6O2.HI/c1-20-19(22-13-17-24-23-16-5-3-4-12-25(16)17)21-11-10-14-6-8-15(9-7-14)18(26)27-2;/h3-9,12H,10-11,13H2,1-2H3,(H2,20,21,22);1H. The molecule has 0 atom stereocenters. The fourth-order valence-electron chi connectivity index (χ4n) is 2.65. The maximum absolute atomic E-state index is 11.4. The monoisotopic (exact) mass is 494 g/mol. The minimum atomic E-state index is -0.328. The molecule has 2 N–H and O–H groups in total. The first-order chi connectivity index (χ1) is 13.2. The Morgan fingerprint density at radius 2 is 1.93 bits per heavy atom. The second-order valence-electron chi connectivity index (χ2n) is 5.84. The number of carbonyl (C=O) groups excluding carboxylic acids is 1. The van der Waals surface area contributed by atoms with Gasteiger partial charge >= 0.3 is 5.97 Å². The normalized spacial score (nSPS) is 11.0. The first-order valence-electron chi connectivity index (χ1n) is 8.61. The fraction of sp³-hybridized carbons (Fsp3) is 0.263. The van der Waals surface area contributed by atoms with Crippen LogP contribution in [0.5, 0.6) is 0 Å². The van der Waals surface area contributed by atoms with Gasteiger partial charge in [0.15, 0.2) is 17.4 Å². The van der Waals surface area contributed by atoms with Gasteiger partial charge in [-0.15, -0.1) is 34.2 Å². The lowest BCUT2D eigenvalue weighted by Crippen LogP contribution is -2.38. The molecule has 0 fully saturated rings. The lowest BCUT2D eigenvalue weighted by molar-refractivity contribution is 0.0600. The van der Waals surface area contributed by atoms with Gasteiger partial charge < -0.3 is 15.4 Å². The molecule has 28 heavy (non-hydrogen) atoms. The number of aromatic nitrogens is 3. The largest absolute Gasteiger partial charge is 0.465 e. The van der Waals surface area contributed by atoms with Gasteiger partial charge in [-0.25, -0.2) is 4.79 Å². The highest BCUT2D eigenvalue weighted by molar-refractivity contribution is 14.0. The average molecular weight is 494 g/mol. The van der Waals surface area contributed by atoms with Gasteiger partial charge in [-0.3, -0.25) is 9.39 Å². The summed E-state index contributed by atoms with van der Waals surface area (Å²) in [6, 6.07) is 13.2. The van der Waals surface area contributed by atoms with Gasteiger partial charge in [-0.05, 0) is 36.2 Å². The van der Waals surface area contributed by atoms with Crippen LogP contribution in [0.25, 0.3) is 5.65 Å². The predicted octanol–water partition coefficient (Wildman–Crippen LogP) is 2.04. The zero-order chi connectivity index (χ0) is 19.1. The van der Waals surface area contributed by atoms with E-state index in [0.29, 0.717) is 24.6 Å². The predicted molar refractivity (Wildman–Crippen MR) is 118 cm³/mol. The van der Waals surface area contributed by atoms with Crippen molar-refractivity contribution in [2.75, 3.05) is 20.7 Å². The second-order valence-corrected chi connectivity index (χ2v) is 5.84. The van der Waals surface area contributed by atoms with Crippen LogP contribution in [-0.4, -0.2) is 47.2 Å². The zero-order valence-electron chi connectivity index (χ0n) is 15.8. The third kappa shape index (κ3) is 5.41. The Labute approximate surface area is 180 Å². The molecule has 3 rings (SSSR count). The van der Waals surface area contributed by atoms with Crippen LogP contribution < -0.4 is 10.6 Å². The number of pyridine rings is 1. The number of halogens is 1. The summed E-state index contributed by atoms with van der Waals surface area (Å²) in [5, 5.41) is 14.8.